The van der Waals surface area contributed by atoms with Crippen LogP contribution >= 0.6 is 0 Å². The quantitative estimate of drug-likeness (QED) is 0.659. The zero-order valence-corrected chi connectivity index (χ0v) is 15.4. The van der Waals surface area contributed by atoms with Gasteiger partial charge in [-0.3, -0.25) is 4.79 Å². The van der Waals surface area contributed by atoms with Crippen molar-refractivity contribution in [2.75, 3.05) is 6.54 Å². The number of sulfonamides is 1. The average Bonchev–Trinajstić information content (AvgIpc) is 2.62. The monoisotopic (exact) mass is 378 g/mol. The highest BCUT2D eigenvalue weighted by Crippen LogP contribution is 2.12. The van der Waals surface area contributed by atoms with E-state index < -0.39 is 21.9 Å². The first-order chi connectivity index (χ1) is 12.4. The summed E-state index contributed by atoms with van der Waals surface area (Å²) in [6, 6.07) is 12.7. The summed E-state index contributed by atoms with van der Waals surface area (Å²) in [5, 5.41) is 2.76. The van der Waals surface area contributed by atoms with Gasteiger partial charge in [-0.25, -0.2) is 12.8 Å². The summed E-state index contributed by atoms with van der Waals surface area (Å²) in [7, 11) is -3.95. The third kappa shape index (κ3) is 5.93. The largest absolute Gasteiger partial charge is 0.355 e. The molecule has 1 atom stereocenters. The molecule has 0 aliphatic carbocycles. The molecule has 2 aromatic carbocycles. The van der Waals surface area contributed by atoms with Gasteiger partial charge in [0, 0.05) is 6.54 Å². The fourth-order valence-corrected chi connectivity index (χ4v) is 3.61. The number of benzene rings is 2. The van der Waals surface area contributed by atoms with E-state index in [4.69, 9.17) is 0 Å². The van der Waals surface area contributed by atoms with Gasteiger partial charge >= 0.3 is 0 Å². The Labute approximate surface area is 153 Å². The van der Waals surface area contributed by atoms with Crippen LogP contribution in [0.1, 0.15) is 25.3 Å². The highest BCUT2D eigenvalue weighted by Gasteiger charge is 2.25. The molecule has 0 heterocycles. The molecule has 0 spiro atoms. The molecule has 0 aliphatic rings. The van der Waals surface area contributed by atoms with E-state index in [1.165, 1.54) is 12.1 Å². The van der Waals surface area contributed by atoms with Crippen LogP contribution in [0.25, 0.3) is 0 Å². The molecule has 0 radical (unpaired) electrons. The molecule has 1 amide bonds. The van der Waals surface area contributed by atoms with Crippen LogP contribution in [0.4, 0.5) is 4.39 Å². The number of halogens is 1. The predicted octanol–water partition coefficient (Wildman–Crippen LogP) is 2.63. The molecule has 2 aromatic rings. The van der Waals surface area contributed by atoms with E-state index >= 15 is 0 Å². The van der Waals surface area contributed by atoms with E-state index in [1.54, 1.807) is 0 Å². The summed E-state index contributed by atoms with van der Waals surface area (Å²) >= 11 is 0. The number of hydrogen-bond acceptors (Lipinski definition) is 3. The zero-order valence-electron chi connectivity index (χ0n) is 14.6. The van der Waals surface area contributed by atoms with E-state index in [9.17, 15) is 17.6 Å². The molecule has 0 bridgehead atoms. The van der Waals surface area contributed by atoms with E-state index in [2.05, 4.69) is 10.0 Å². The molecule has 7 heteroatoms. The second-order valence-corrected chi connectivity index (χ2v) is 7.68. The highest BCUT2D eigenvalue weighted by atomic mass is 32.2. The maximum Gasteiger partial charge on any atom is 0.241 e. The first kappa shape index (κ1) is 20.1. The van der Waals surface area contributed by atoms with Crippen molar-refractivity contribution in [1.82, 2.24) is 10.0 Å². The standard InChI is InChI=1S/C19H23FN2O3S/c1-2-3-13-21-19(23)18(14-15-7-5-4-6-8-15)22-26(24,25)17-11-9-16(20)10-12-17/h4-12,18,22H,2-3,13-14H2,1H3,(H,21,23)/t18-/m1/s1. The van der Waals surface area contributed by atoms with Gasteiger partial charge in [0.1, 0.15) is 11.9 Å². The van der Waals surface area contributed by atoms with Gasteiger partial charge in [-0.1, -0.05) is 43.7 Å². The lowest BCUT2D eigenvalue weighted by Gasteiger charge is -2.19. The van der Waals surface area contributed by atoms with Crippen LogP contribution in [-0.2, 0) is 21.2 Å². The van der Waals surface area contributed by atoms with Gasteiger partial charge in [-0.15, -0.1) is 0 Å². The number of rotatable bonds is 9. The van der Waals surface area contributed by atoms with Crippen LogP contribution in [0, 0.1) is 5.82 Å². The van der Waals surface area contributed by atoms with Crippen LogP contribution in [-0.4, -0.2) is 26.9 Å². The predicted molar refractivity (Wildman–Crippen MR) is 98.6 cm³/mol. The van der Waals surface area contributed by atoms with Crippen LogP contribution in [0.5, 0.6) is 0 Å². The minimum absolute atomic E-state index is 0.0849. The van der Waals surface area contributed by atoms with E-state index in [0.717, 1.165) is 30.5 Å². The topological polar surface area (TPSA) is 75.3 Å². The third-order valence-electron chi connectivity index (χ3n) is 3.85. The first-order valence-electron chi connectivity index (χ1n) is 8.52. The van der Waals surface area contributed by atoms with Gasteiger partial charge in [-0.2, -0.15) is 4.72 Å². The van der Waals surface area contributed by atoms with E-state index in [-0.39, 0.29) is 17.2 Å². The fourth-order valence-electron chi connectivity index (χ4n) is 2.42. The normalized spacial score (nSPS) is 12.5. The summed E-state index contributed by atoms with van der Waals surface area (Å²) in [5.41, 5.74) is 0.838. The minimum atomic E-state index is -3.95. The van der Waals surface area contributed by atoms with Crippen LogP contribution < -0.4 is 10.0 Å². The lowest BCUT2D eigenvalue weighted by Crippen LogP contribution is -2.48. The Morgan fingerprint density at radius 3 is 2.35 bits per heavy atom. The number of nitrogens with one attached hydrogen (secondary N) is 2. The molecule has 0 fully saturated rings. The Morgan fingerprint density at radius 2 is 1.73 bits per heavy atom. The van der Waals surface area contributed by atoms with Gasteiger partial charge in [-0.05, 0) is 42.7 Å². The Bertz CT molecular complexity index is 808. The van der Waals surface area contributed by atoms with Gasteiger partial charge in [0.25, 0.3) is 0 Å². The molecule has 2 rings (SSSR count). The average molecular weight is 378 g/mol. The molecule has 5 nitrogen and oxygen atoms in total. The lowest BCUT2D eigenvalue weighted by atomic mass is 10.1. The molecule has 0 aliphatic heterocycles. The van der Waals surface area contributed by atoms with Crippen molar-refractivity contribution >= 4 is 15.9 Å². The second-order valence-electron chi connectivity index (χ2n) is 5.96. The summed E-state index contributed by atoms with van der Waals surface area (Å²) in [4.78, 5) is 12.4. The van der Waals surface area contributed by atoms with Crippen LogP contribution in [0.3, 0.4) is 0 Å². The van der Waals surface area contributed by atoms with Crippen molar-refractivity contribution in [3.63, 3.8) is 0 Å². The second kappa shape index (κ2) is 9.45. The van der Waals surface area contributed by atoms with Gasteiger partial charge in [0.2, 0.25) is 15.9 Å². The number of amides is 1. The molecular weight excluding hydrogens is 355 g/mol. The van der Waals surface area contributed by atoms with Crippen LogP contribution in [0.2, 0.25) is 0 Å². The number of unbranched alkanes of at least 4 members (excludes halogenated alkanes) is 1. The lowest BCUT2D eigenvalue weighted by molar-refractivity contribution is -0.122. The van der Waals surface area contributed by atoms with Crippen molar-refractivity contribution in [2.24, 2.45) is 0 Å². The molecule has 140 valence electrons. The summed E-state index contributed by atoms with van der Waals surface area (Å²) in [6.45, 7) is 2.49. The summed E-state index contributed by atoms with van der Waals surface area (Å²) in [6.07, 6.45) is 1.96. The molecule has 0 saturated carbocycles. The van der Waals surface area contributed by atoms with Gasteiger partial charge < -0.3 is 5.32 Å². The molecule has 2 N–H and O–H groups in total. The third-order valence-corrected chi connectivity index (χ3v) is 5.34. The van der Waals surface area contributed by atoms with Crippen molar-refractivity contribution in [2.45, 2.75) is 37.1 Å². The number of carbonyl (C=O) groups is 1. The molecule has 0 unspecified atom stereocenters. The van der Waals surface area contributed by atoms with Crippen molar-refractivity contribution in [1.29, 1.82) is 0 Å². The number of carbonyl (C=O) groups excluding carboxylic acids is 1. The Hall–Kier alpha value is -2.25. The van der Waals surface area contributed by atoms with Crippen molar-refractivity contribution in [3.05, 3.63) is 66.0 Å². The smallest absolute Gasteiger partial charge is 0.241 e. The Kier molecular flexibility index (Phi) is 7.29. The van der Waals surface area contributed by atoms with Crippen LogP contribution in [0.15, 0.2) is 59.5 Å². The SMILES string of the molecule is CCCCNC(=O)[C@@H](Cc1ccccc1)NS(=O)(=O)c1ccc(F)cc1. The van der Waals surface area contributed by atoms with E-state index in [0.29, 0.717) is 6.54 Å². The van der Waals surface area contributed by atoms with E-state index in [1.807, 2.05) is 37.3 Å². The highest BCUT2D eigenvalue weighted by molar-refractivity contribution is 7.89. The maximum absolute atomic E-state index is 13.0. The van der Waals surface area contributed by atoms with Gasteiger partial charge in [0.05, 0.1) is 4.90 Å². The molecule has 0 aromatic heterocycles. The molecule has 0 saturated heterocycles. The Morgan fingerprint density at radius 1 is 1.08 bits per heavy atom. The van der Waals surface area contributed by atoms with Gasteiger partial charge in [0.15, 0.2) is 0 Å². The molecule has 26 heavy (non-hydrogen) atoms. The minimum Gasteiger partial charge on any atom is -0.355 e. The number of hydrogen-bond donors (Lipinski definition) is 2. The van der Waals surface area contributed by atoms with Crippen molar-refractivity contribution in [3.8, 4) is 0 Å². The fraction of sp³-hybridized carbons (Fsp3) is 0.316. The first-order valence-corrected chi connectivity index (χ1v) is 10.00. The molecular formula is C19H23FN2O3S. The Balaban J connectivity index is 2.19. The zero-order chi connectivity index (χ0) is 19.0. The summed E-state index contributed by atoms with van der Waals surface area (Å²) in [5.74, 6) is -0.907. The summed E-state index contributed by atoms with van der Waals surface area (Å²) < 4.78 is 40.6. The maximum atomic E-state index is 13.0. The van der Waals surface area contributed by atoms with Crippen molar-refractivity contribution < 1.29 is 17.6 Å².